The predicted molar refractivity (Wildman–Crippen MR) is 118 cm³/mol. The lowest BCUT2D eigenvalue weighted by Gasteiger charge is -2.34. The van der Waals surface area contributed by atoms with Crippen LogP contribution in [0.1, 0.15) is 49.9 Å². The van der Waals surface area contributed by atoms with Crippen LogP contribution in [0.5, 0.6) is 5.75 Å². The molecule has 1 aliphatic carbocycles. The summed E-state index contributed by atoms with van der Waals surface area (Å²) >= 11 is 0. The van der Waals surface area contributed by atoms with Crippen LogP contribution in [0.25, 0.3) is 10.8 Å². The summed E-state index contributed by atoms with van der Waals surface area (Å²) in [4.78, 5) is 15.2. The Bertz CT molecular complexity index is 917. The molecule has 1 aliphatic heterocycles. The van der Waals surface area contributed by atoms with Crippen molar-refractivity contribution < 1.29 is 23.4 Å². The largest absolute Gasteiger partial charge is 0.484 e. The molecule has 31 heavy (non-hydrogen) atoms. The minimum atomic E-state index is -0.445. The van der Waals surface area contributed by atoms with Crippen molar-refractivity contribution in [1.29, 1.82) is 0 Å². The molecule has 4 rings (SSSR count). The van der Waals surface area contributed by atoms with E-state index in [9.17, 15) is 4.79 Å². The number of benzene rings is 2. The highest BCUT2D eigenvalue weighted by Gasteiger charge is 2.40. The van der Waals surface area contributed by atoms with Gasteiger partial charge in [-0.15, -0.1) is 0 Å². The fourth-order valence-electron chi connectivity index (χ4n) is 4.72. The number of fused-ring (bicyclic) bond motifs is 1. The van der Waals surface area contributed by atoms with Gasteiger partial charge in [0.15, 0.2) is 11.6 Å². The second-order valence-corrected chi connectivity index (χ2v) is 8.90. The zero-order chi connectivity index (χ0) is 21.8. The fraction of sp³-hybridized carbons (Fsp3) is 0.560. The Morgan fingerprint density at radius 1 is 1.16 bits per heavy atom. The standard InChI is InChI=1S/C25H32FNO4/c1-18(2)25(9-5-6-10-25)31-22-17-21(19-7-3-4-8-20(19)23(22)26)24(28)30-16-13-27-11-14-29-15-12-27/h3-4,7-8,17-18H,5-6,9-16H2,1-2H3. The Labute approximate surface area is 183 Å². The number of rotatable bonds is 7. The number of hydrogen-bond donors (Lipinski definition) is 0. The number of carbonyl (C=O) groups is 1. The van der Waals surface area contributed by atoms with Crippen molar-refractivity contribution in [3.8, 4) is 5.75 Å². The number of morpholine rings is 1. The molecular formula is C25H32FNO4. The third-order valence-corrected chi connectivity index (χ3v) is 6.73. The van der Waals surface area contributed by atoms with Gasteiger partial charge in [-0.1, -0.05) is 38.1 Å². The Morgan fingerprint density at radius 2 is 1.84 bits per heavy atom. The van der Waals surface area contributed by atoms with E-state index >= 15 is 4.39 Å². The quantitative estimate of drug-likeness (QED) is 0.591. The van der Waals surface area contributed by atoms with Crippen LogP contribution in [-0.2, 0) is 9.47 Å². The molecule has 1 saturated heterocycles. The van der Waals surface area contributed by atoms with Crippen LogP contribution in [0, 0.1) is 11.7 Å². The van der Waals surface area contributed by atoms with Gasteiger partial charge in [0.25, 0.3) is 0 Å². The van der Waals surface area contributed by atoms with Gasteiger partial charge in [0.1, 0.15) is 12.2 Å². The van der Waals surface area contributed by atoms with Crippen molar-refractivity contribution in [1.82, 2.24) is 4.90 Å². The normalized spacial score (nSPS) is 19.1. The molecule has 0 radical (unpaired) electrons. The molecule has 0 amide bonds. The van der Waals surface area contributed by atoms with Crippen LogP contribution in [0.4, 0.5) is 4.39 Å². The summed E-state index contributed by atoms with van der Waals surface area (Å²) in [7, 11) is 0. The number of nitrogens with zero attached hydrogens (tertiary/aromatic N) is 1. The average Bonchev–Trinajstić information content (AvgIpc) is 3.26. The number of esters is 1. The molecule has 0 spiro atoms. The van der Waals surface area contributed by atoms with Crippen LogP contribution in [-0.4, -0.2) is 55.9 Å². The summed E-state index contributed by atoms with van der Waals surface area (Å²) in [6, 6.07) is 8.57. The Balaban J connectivity index is 1.58. The summed E-state index contributed by atoms with van der Waals surface area (Å²) in [5, 5.41) is 0.936. The summed E-state index contributed by atoms with van der Waals surface area (Å²) in [5.74, 6) is -0.453. The van der Waals surface area contributed by atoms with Crippen molar-refractivity contribution in [3.63, 3.8) is 0 Å². The lowest BCUT2D eigenvalue weighted by Crippen LogP contribution is -2.39. The highest BCUT2D eigenvalue weighted by molar-refractivity contribution is 6.05. The second-order valence-electron chi connectivity index (χ2n) is 8.90. The molecule has 168 valence electrons. The average molecular weight is 430 g/mol. The van der Waals surface area contributed by atoms with E-state index in [0.717, 1.165) is 38.8 Å². The molecule has 0 N–H and O–H groups in total. The third-order valence-electron chi connectivity index (χ3n) is 6.73. The summed E-state index contributed by atoms with van der Waals surface area (Å²) < 4.78 is 32.7. The van der Waals surface area contributed by atoms with E-state index in [1.807, 2.05) is 0 Å². The molecule has 1 saturated carbocycles. The van der Waals surface area contributed by atoms with Gasteiger partial charge in [-0.05, 0) is 43.1 Å². The third kappa shape index (κ3) is 4.70. The Morgan fingerprint density at radius 3 is 2.52 bits per heavy atom. The second kappa shape index (κ2) is 9.53. The van der Waals surface area contributed by atoms with Crippen LogP contribution in [0.3, 0.4) is 0 Å². The van der Waals surface area contributed by atoms with E-state index < -0.39 is 11.8 Å². The van der Waals surface area contributed by atoms with E-state index in [1.165, 1.54) is 6.07 Å². The first-order valence-electron chi connectivity index (χ1n) is 11.4. The molecule has 0 bridgehead atoms. The van der Waals surface area contributed by atoms with Crippen molar-refractivity contribution in [2.45, 2.75) is 45.1 Å². The van der Waals surface area contributed by atoms with Crippen molar-refractivity contribution in [2.75, 3.05) is 39.5 Å². The number of hydrogen-bond acceptors (Lipinski definition) is 5. The number of ether oxygens (including phenoxy) is 3. The zero-order valence-electron chi connectivity index (χ0n) is 18.5. The Kier molecular flexibility index (Phi) is 6.77. The fourth-order valence-corrected chi connectivity index (χ4v) is 4.72. The molecule has 2 aromatic rings. The van der Waals surface area contributed by atoms with Gasteiger partial charge in [-0.3, -0.25) is 4.90 Å². The Hall–Kier alpha value is -2.18. The molecule has 2 aromatic carbocycles. The van der Waals surface area contributed by atoms with Crippen molar-refractivity contribution in [2.24, 2.45) is 5.92 Å². The number of carbonyl (C=O) groups excluding carboxylic acids is 1. The topological polar surface area (TPSA) is 48.0 Å². The molecule has 6 heteroatoms. The molecule has 0 atom stereocenters. The van der Waals surface area contributed by atoms with Crippen molar-refractivity contribution in [3.05, 3.63) is 41.7 Å². The van der Waals surface area contributed by atoms with Gasteiger partial charge in [0.05, 0.1) is 18.8 Å². The molecule has 5 nitrogen and oxygen atoms in total. The molecule has 1 heterocycles. The van der Waals surface area contributed by atoms with E-state index in [-0.39, 0.29) is 23.9 Å². The zero-order valence-corrected chi connectivity index (χ0v) is 18.5. The monoisotopic (exact) mass is 429 g/mol. The SMILES string of the molecule is CC(C)C1(Oc2cc(C(=O)OCCN3CCOCC3)c3ccccc3c2F)CCCC1. The van der Waals surface area contributed by atoms with Crippen molar-refractivity contribution >= 4 is 16.7 Å². The van der Waals surface area contributed by atoms with E-state index in [1.54, 1.807) is 24.3 Å². The van der Waals surface area contributed by atoms with Gasteiger partial charge >= 0.3 is 5.97 Å². The molecule has 2 aliphatic rings. The first-order chi connectivity index (χ1) is 15.0. The van der Waals surface area contributed by atoms with Gasteiger partial charge in [-0.2, -0.15) is 0 Å². The van der Waals surface area contributed by atoms with Gasteiger partial charge in [0, 0.05) is 25.0 Å². The highest BCUT2D eigenvalue weighted by atomic mass is 19.1. The highest BCUT2D eigenvalue weighted by Crippen LogP contribution is 2.42. The van der Waals surface area contributed by atoms with Crippen LogP contribution in [0.2, 0.25) is 0 Å². The predicted octanol–water partition coefficient (Wildman–Crippen LogP) is 4.82. The summed E-state index contributed by atoms with van der Waals surface area (Å²) in [5.41, 5.74) is -0.0354. The summed E-state index contributed by atoms with van der Waals surface area (Å²) in [6.07, 6.45) is 3.94. The molecular weight excluding hydrogens is 397 g/mol. The maximum atomic E-state index is 15.4. The lowest BCUT2D eigenvalue weighted by molar-refractivity contribution is 0.0190. The van der Waals surface area contributed by atoms with Crippen LogP contribution in [0.15, 0.2) is 30.3 Å². The summed E-state index contributed by atoms with van der Waals surface area (Å²) in [6.45, 7) is 8.27. The van der Waals surface area contributed by atoms with E-state index in [0.29, 0.717) is 36.1 Å². The smallest absolute Gasteiger partial charge is 0.338 e. The van der Waals surface area contributed by atoms with Gasteiger partial charge < -0.3 is 14.2 Å². The maximum absolute atomic E-state index is 15.4. The van der Waals surface area contributed by atoms with E-state index in [4.69, 9.17) is 14.2 Å². The lowest BCUT2D eigenvalue weighted by atomic mass is 9.88. The maximum Gasteiger partial charge on any atom is 0.338 e. The van der Waals surface area contributed by atoms with Gasteiger partial charge in [0.2, 0.25) is 0 Å². The molecule has 0 unspecified atom stereocenters. The first-order valence-corrected chi connectivity index (χ1v) is 11.4. The van der Waals surface area contributed by atoms with Crippen LogP contribution >= 0.6 is 0 Å². The minimum absolute atomic E-state index is 0.148. The van der Waals surface area contributed by atoms with Gasteiger partial charge in [-0.25, -0.2) is 9.18 Å². The molecule has 0 aromatic heterocycles. The number of halogens is 1. The van der Waals surface area contributed by atoms with E-state index in [2.05, 4.69) is 18.7 Å². The van der Waals surface area contributed by atoms with Crippen LogP contribution < -0.4 is 4.74 Å². The first kappa shape index (κ1) is 22.0. The molecule has 2 fully saturated rings. The minimum Gasteiger partial charge on any atom is -0.484 e.